The summed E-state index contributed by atoms with van der Waals surface area (Å²) in [6.07, 6.45) is 3.41. The molecule has 0 N–H and O–H groups in total. The Morgan fingerprint density at radius 2 is 1.86 bits per heavy atom. The number of benzene rings is 3. The molecule has 5 heteroatoms. The molecule has 4 nitrogen and oxygen atoms in total. The van der Waals surface area contributed by atoms with Gasteiger partial charge in [-0.3, -0.25) is 4.79 Å². The van der Waals surface area contributed by atoms with E-state index in [9.17, 15) is 4.79 Å². The number of rotatable bonds is 3. The third kappa shape index (κ3) is 2.88. The van der Waals surface area contributed by atoms with Crippen LogP contribution in [-0.2, 0) is 6.54 Å². The number of hydrogen-bond acceptors (Lipinski definition) is 4. The maximum absolute atomic E-state index is 12.9. The molecule has 0 saturated heterocycles. The van der Waals surface area contributed by atoms with Crippen LogP contribution in [0.3, 0.4) is 0 Å². The highest BCUT2D eigenvalue weighted by atomic mass is 79.9. The van der Waals surface area contributed by atoms with Gasteiger partial charge in [-0.15, -0.1) is 0 Å². The number of halogens is 1. The van der Waals surface area contributed by atoms with Crippen LogP contribution in [0.25, 0.3) is 22.0 Å². The van der Waals surface area contributed by atoms with Crippen molar-refractivity contribution in [2.75, 3.05) is 11.4 Å². The van der Waals surface area contributed by atoms with Crippen LogP contribution in [0.2, 0.25) is 0 Å². The van der Waals surface area contributed by atoms with Gasteiger partial charge in [-0.1, -0.05) is 52.3 Å². The lowest BCUT2D eigenvalue weighted by atomic mass is 9.91. The molecular formula is C23H16BrN3O. The van der Waals surface area contributed by atoms with E-state index in [1.54, 1.807) is 6.33 Å². The largest absolute Gasteiger partial charge is 0.359 e. The van der Waals surface area contributed by atoms with Crippen LogP contribution in [0, 0.1) is 0 Å². The quantitative estimate of drug-likeness (QED) is 0.416. The zero-order valence-corrected chi connectivity index (χ0v) is 16.6. The van der Waals surface area contributed by atoms with Gasteiger partial charge in [0.25, 0.3) is 0 Å². The van der Waals surface area contributed by atoms with Crippen molar-refractivity contribution in [1.29, 1.82) is 0 Å². The average molecular weight is 430 g/mol. The molecule has 1 aliphatic heterocycles. The highest BCUT2D eigenvalue weighted by Gasteiger charge is 2.26. The highest BCUT2D eigenvalue weighted by molar-refractivity contribution is 9.10. The second-order valence-corrected chi connectivity index (χ2v) is 7.78. The SMILES string of the molecule is O=C(CN1Cc2ccccc2-c2c1ccc1cncnc21)c1ccc(Br)cc1. The Balaban J connectivity index is 1.61. The lowest BCUT2D eigenvalue weighted by molar-refractivity contribution is 0.0998. The van der Waals surface area contributed by atoms with Crippen molar-refractivity contribution in [3.05, 3.63) is 88.8 Å². The summed E-state index contributed by atoms with van der Waals surface area (Å²) in [5, 5.41) is 0.997. The Labute approximate surface area is 171 Å². The molecule has 0 bridgehead atoms. The van der Waals surface area contributed by atoms with Crippen molar-refractivity contribution in [3.8, 4) is 11.1 Å². The third-order valence-electron chi connectivity index (χ3n) is 5.14. The first-order valence-electron chi connectivity index (χ1n) is 9.05. The Morgan fingerprint density at radius 3 is 2.71 bits per heavy atom. The van der Waals surface area contributed by atoms with Gasteiger partial charge in [0.2, 0.25) is 0 Å². The van der Waals surface area contributed by atoms with Gasteiger partial charge in [0.15, 0.2) is 5.78 Å². The van der Waals surface area contributed by atoms with Crippen LogP contribution in [0.15, 0.2) is 77.7 Å². The van der Waals surface area contributed by atoms with Gasteiger partial charge < -0.3 is 4.90 Å². The van der Waals surface area contributed by atoms with Gasteiger partial charge in [-0.25, -0.2) is 9.97 Å². The minimum Gasteiger partial charge on any atom is -0.359 e. The number of carbonyl (C=O) groups is 1. The van der Waals surface area contributed by atoms with Crippen molar-refractivity contribution < 1.29 is 4.79 Å². The molecule has 3 aromatic carbocycles. The summed E-state index contributed by atoms with van der Waals surface area (Å²) in [7, 11) is 0. The molecule has 0 radical (unpaired) electrons. The number of anilines is 1. The predicted molar refractivity (Wildman–Crippen MR) is 114 cm³/mol. The van der Waals surface area contributed by atoms with Crippen LogP contribution in [0.5, 0.6) is 0 Å². The maximum atomic E-state index is 12.9. The molecule has 136 valence electrons. The average Bonchev–Trinajstić information content (AvgIpc) is 2.74. The molecule has 0 atom stereocenters. The zero-order chi connectivity index (χ0) is 19.1. The van der Waals surface area contributed by atoms with Gasteiger partial charge in [0.05, 0.1) is 12.1 Å². The standard InChI is InChI=1S/C23H16BrN3O/c24-18-8-5-15(6-9-18)21(28)13-27-12-17-3-1-2-4-19(17)22-20(27)10-7-16-11-25-14-26-23(16)22/h1-11,14H,12-13H2. The summed E-state index contributed by atoms with van der Waals surface area (Å²) >= 11 is 3.42. The maximum Gasteiger partial charge on any atom is 0.182 e. The van der Waals surface area contributed by atoms with Crippen molar-refractivity contribution >= 4 is 38.3 Å². The van der Waals surface area contributed by atoms with Gasteiger partial charge in [-0.2, -0.15) is 0 Å². The zero-order valence-electron chi connectivity index (χ0n) is 15.0. The molecule has 0 amide bonds. The molecule has 0 saturated carbocycles. The molecular weight excluding hydrogens is 414 g/mol. The van der Waals surface area contributed by atoms with Gasteiger partial charge in [-0.05, 0) is 35.4 Å². The summed E-state index contributed by atoms with van der Waals surface area (Å²) in [4.78, 5) is 23.8. The lowest BCUT2D eigenvalue weighted by Crippen LogP contribution is -2.32. The monoisotopic (exact) mass is 429 g/mol. The molecule has 4 aromatic rings. The topological polar surface area (TPSA) is 46.1 Å². The van der Waals surface area contributed by atoms with Crippen molar-refractivity contribution in [2.45, 2.75) is 6.54 Å². The van der Waals surface area contributed by atoms with Crippen LogP contribution in [0.1, 0.15) is 15.9 Å². The number of Topliss-reactive ketones (excluding diaryl/α,β-unsaturated/α-hetero) is 1. The number of ketones is 1. The molecule has 2 heterocycles. The van der Waals surface area contributed by atoms with E-state index in [2.05, 4.69) is 49.0 Å². The Bertz CT molecular complexity index is 1200. The van der Waals surface area contributed by atoms with Crippen LogP contribution < -0.4 is 4.90 Å². The summed E-state index contributed by atoms with van der Waals surface area (Å²) in [5.74, 6) is 0.0978. The Morgan fingerprint density at radius 1 is 1.04 bits per heavy atom. The van der Waals surface area contributed by atoms with Gasteiger partial charge in [0.1, 0.15) is 6.33 Å². The van der Waals surface area contributed by atoms with E-state index in [1.807, 2.05) is 48.7 Å². The van der Waals surface area contributed by atoms with Crippen molar-refractivity contribution in [3.63, 3.8) is 0 Å². The number of carbonyl (C=O) groups excluding carboxylic acids is 1. The fraction of sp³-hybridized carbons (Fsp3) is 0.0870. The number of nitrogens with zero attached hydrogens (tertiary/aromatic N) is 3. The number of aromatic nitrogens is 2. The molecule has 0 fully saturated rings. The molecule has 28 heavy (non-hydrogen) atoms. The van der Waals surface area contributed by atoms with Crippen molar-refractivity contribution in [1.82, 2.24) is 9.97 Å². The Kier molecular flexibility index (Phi) is 4.17. The first kappa shape index (κ1) is 17.1. The lowest BCUT2D eigenvalue weighted by Gasteiger charge is -2.33. The van der Waals surface area contributed by atoms with E-state index >= 15 is 0 Å². The fourth-order valence-electron chi connectivity index (χ4n) is 3.81. The predicted octanol–water partition coefficient (Wildman–Crippen LogP) is 5.26. The van der Waals surface area contributed by atoms with Gasteiger partial charge in [0, 0.05) is 39.4 Å². The second-order valence-electron chi connectivity index (χ2n) is 6.86. The van der Waals surface area contributed by atoms with Gasteiger partial charge >= 0.3 is 0 Å². The minimum absolute atomic E-state index is 0.0978. The molecule has 5 rings (SSSR count). The second kappa shape index (κ2) is 6.84. The molecule has 1 aromatic heterocycles. The summed E-state index contributed by atoms with van der Waals surface area (Å²) in [6, 6.07) is 20.0. The number of hydrogen-bond donors (Lipinski definition) is 0. The Hall–Kier alpha value is -3.05. The first-order valence-corrected chi connectivity index (χ1v) is 9.85. The van der Waals surface area contributed by atoms with E-state index in [-0.39, 0.29) is 5.78 Å². The fourth-order valence-corrected chi connectivity index (χ4v) is 4.07. The third-order valence-corrected chi connectivity index (χ3v) is 5.67. The van der Waals surface area contributed by atoms with Crippen LogP contribution in [0.4, 0.5) is 5.69 Å². The minimum atomic E-state index is 0.0978. The molecule has 0 spiro atoms. The summed E-state index contributed by atoms with van der Waals surface area (Å²) < 4.78 is 0.965. The van der Waals surface area contributed by atoms with E-state index in [0.29, 0.717) is 18.7 Å². The molecule has 1 aliphatic rings. The first-order chi connectivity index (χ1) is 13.7. The molecule has 0 unspecified atom stereocenters. The van der Waals surface area contributed by atoms with E-state index in [4.69, 9.17) is 0 Å². The smallest absolute Gasteiger partial charge is 0.182 e. The highest BCUT2D eigenvalue weighted by Crippen LogP contribution is 2.42. The van der Waals surface area contributed by atoms with Crippen molar-refractivity contribution in [2.24, 2.45) is 0 Å². The summed E-state index contributed by atoms with van der Waals surface area (Å²) in [5.41, 5.74) is 6.12. The normalized spacial score (nSPS) is 12.5. The summed E-state index contributed by atoms with van der Waals surface area (Å²) in [6.45, 7) is 1.02. The van der Waals surface area contributed by atoms with Crippen LogP contribution in [-0.4, -0.2) is 22.3 Å². The number of fused-ring (bicyclic) bond motifs is 5. The van der Waals surface area contributed by atoms with Crippen LogP contribution >= 0.6 is 15.9 Å². The van der Waals surface area contributed by atoms with E-state index in [1.165, 1.54) is 11.1 Å². The van der Waals surface area contributed by atoms with E-state index in [0.717, 1.165) is 26.6 Å². The molecule has 0 aliphatic carbocycles. The van der Waals surface area contributed by atoms with E-state index < -0.39 is 0 Å².